The predicted molar refractivity (Wildman–Crippen MR) is 97.6 cm³/mol. The van der Waals surface area contributed by atoms with Gasteiger partial charge in [-0.15, -0.1) is 11.3 Å². The zero-order valence-electron chi connectivity index (χ0n) is 14.5. The van der Waals surface area contributed by atoms with Crippen LogP contribution < -0.4 is 5.32 Å². The topological polar surface area (TPSA) is 64.0 Å². The van der Waals surface area contributed by atoms with Gasteiger partial charge in [-0.1, -0.05) is 0 Å². The summed E-state index contributed by atoms with van der Waals surface area (Å²) >= 11 is 1.37. The van der Waals surface area contributed by atoms with Crippen molar-refractivity contribution in [2.75, 3.05) is 5.32 Å². The highest BCUT2D eigenvalue weighted by molar-refractivity contribution is 7.14. The number of halogens is 2. The molecule has 138 valence electrons. The largest absolute Gasteiger partial charge is 0.310 e. The molecule has 0 saturated heterocycles. The smallest absolute Gasteiger partial charge is 0.226 e. The molecule has 1 atom stereocenters. The van der Waals surface area contributed by atoms with Crippen LogP contribution in [0.1, 0.15) is 38.1 Å². The first kappa shape index (κ1) is 17.5. The molecule has 1 unspecified atom stereocenters. The van der Waals surface area contributed by atoms with E-state index in [1.807, 2.05) is 13.0 Å². The maximum absolute atomic E-state index is 14.3. The minimum atomic E-state index is -0.808. The number of ketones is 1. The van der Waals surface area contributed by atoms with Gasteiger partial charge in [0, 0.05) is 22.9 Å². The molecule has 5 nitrogen and oxygen atoms in total. The lowest BCUT2D eigenvalue weighted by Crippen LogP contribution is -2.28. The molecule has 8 heteroatoms. The van der Waals surface area contributed by atoms with Crippen molar-refractivity contribution in [3.63, 3.8) is 0 Å². The average Bonchev–Trinajstić information content (AvgIpc) is 3.17. The summed E-state index contributed by atoms with van der Waals surface area (Å²) in [6.07, 6.45) is 0.00120. The van der Waals surface area contributed by atoms with Crippen LogP contribution >= 0.6 is 11.3 Å². The molecule has 2 aromatic heterocycles. The Balaban J connectivity index is 1.85. The Morgan fingerprint density at radius 3 is 2.70 bits per heavy atom. The molecule has 1 amide bonds. The fourth-order valence-corrected chi connectivity index (χ4v) is 4.20. The van der Waals surface area contributed by atoms with E-state index in [9.17, 15) is 18.4 Å². The summed E-state index contributed by atoms with van der Waals surface area (Å²) in [4.78, 5) is 26.8. The van der Waals surface area contributed by atoms with Crippen molar-refractivity contribution in [1.29, 1.82) is 0 Å². The first-order valence-electron chi connectivity index (χ1n) is 8.30. The maximum Gasteiger partial charge on any atom is 0.226 e. The summed E-state index contributed by atoms with van der Waals surface area (Å²) in [5, 5.41) is 6.99. The zero-order chi connectivity index (χ0) is 19.3. The minimum Gasteiger partial charge on any atom is -0.310 e. The fourth-order valence-electron chi connectivity index (χ4n) is 3.34. The number of aryl methyl sites for hydroxylation is 2. The molecule has 1 aliphatic heterocycles. The van der Waals surface area contributed by atoms with Crippen molar-refractivity contribution in [3.05, 3.63) is 63.0 Å². The average molecular weight is 387 g/mol. The number of aromatic nitrogens is 2. The monoisotopic (exact) mass is 387 g/mol. The van der Waals surface area contributed by atoms with E-state index in [1.54, 1.807) is 13.0 Å². The number of amides is 1. The minimum absolute atomic E-state index is 0.00103. The van der Waals surface area contributed by atoms with Crippen LogP contribution in [0.25, 0.3) is 5.69 Å². The molecule has 0 bridgehead atoms. The number of anilines is 1. The number of fused-ring (bicyclic) bond motifs is 1. The van der Waals surface area contributed by atoms with Crippen LogP contribution in [0.5, 0.6) is 0 Å². The molecular weight excluding hydrogens is 372 g/mol. The lowest BCUT2D eigenvalue weighted by molar-refractivity contribution is -0.116. The third-order valence-electron chi connectivity index (χ3n) is 4.54. The van der Waals surface area contributed by atoms with Gasteiger partial charge in [0.05, 0.1) is 16.5 Å². The number of hydrogen-bond acceptors (Lipinski definition) is 4. The number of nitrogens with one attached hydrogen (secondary N) is 1. The molecular formula is C19H15F2N3O2S. The summed E-state index contributed by atoms with van der Waals surface area (Å²) in [5.74, 6) is -2.47. The van der Waals surface area contributed by atoms with Crippen molar-refractivity contribution >= 4 is 28.8 Å². The number of thiophene rings is 1. The summed E-state index contributed by atoms with van der Waals surface area (Å²) in [6.45, 7) is 3.61. The van der Waals surface area contributed by atoms with E-state index in [4.69, 9.17) is 0 Å². The summed E-state index contributed by atoms with van der Waals surface area (Å²) in [5.41, 5.74) is 1.08. The van der Waals surface area contributed by atoms with E-state index in [0.717, 1.165) is 17.0 Å². The number of carbonyl (C=O) groups is 2. The third-order valence-corrected chi connectivity index (χ3v) is 5.56. The van der Waals surface area contributed by atoms with Crippen LogP contribution in [-0.2, 0) is 4.79 Å². The quantitative estimate of drug-likeness (QED) is 0.687. The van der Waals surface area contributed by atoms with E-state index in [1.165, 1.54) is 22.1 Å². The van der Waals surface area contributed by atoms with Crippen molar-refractivity contribution in [3.8, 4) is 5.69 Å². The number of benzene rings is 1. The maximum atomic E-state index is 14.3. The Morgan fingerprint density at radius 2 is 2.04 bits per heavy atom. The van der Waals surface area contributed by atoms with Gasteiger partial charge < -0.3 is 5.32 Å². The van der Waals surface area contributed by atoms with Crippen molar-refractivity contribution in [2.24, 2.45) is 0 Å². The Bertz CT molecular complexity index is 1090. The van der Waals surface area contributed by atoms with Crippen molar-refractivity contribution in [2.45, 2.75) is 26.2 Å². The molecule has 0 spiro atoms. The predicted octanol–water partition coefficient (Wildman–Crippen LogP) is 4.14. The lowest BCUT2D eigenvalue weighted by atomic mass is 9.87. The number of Topliss-reactive ketones (excluding diaryl/α,β-unsaturated/α-hetero) is 1. The molecule has 1 N–H and O–H groups in total. The molecule has 27 heavy (non-hydrogen) atoms. The molecule has 0 aliphatic carbocycles. The molecule has 4 rings (SSSR count). The van der Waals surface area contributed by atoms with Gasteiger partial charge in [-0.3, -0.25) is 9.59 Å². The molecule has 0 radical (unpaired) electrons. The molecule has 1 aromatic carbocycles. The first-order valence-corrected chi connectivity index (χ1v) is 9.12. The normalized spacial score (nSPS) is 16.1. The van der Waals surface area contributed by atoms with Crippen LogP contribution in [0.15, 0.2) is 30.3 Å². The van der Waals surface area contributed by atoms with Crippen molar-refractivity contribution < 1.29 is 18.4 Å². The van der Waals surface area contributed by atoms with Crippen LogP contribution in [0.2, 0.25) is 0 Å². The molecule has 1 aliphatic rings. The number of hydrogen-bond donors (Lipinski definition) is 1. The Morgan fingerprint density at radius 1 is 1.26 bits per heavy atom. The summed E-state index contributed by atoms with van der Waals surface area (Å²) < 4.78 is 28.7. The first-order chi connectivity index (χ1) is 12.8. The second kappa shape index (κ2) is 6.38. The SMILES string of the molecule is Cc1ccc(C(=O)C2CC(=O)Nc3c2c(C)nn3-c2ccc(F)cc2F)s1. The van der Waals surface area contributed by atoms with Crippen LogP contribution in [0.4, 0.5) is 14.6 Å². The van der Waals surface area contributed by atoms with E-state index in [2.05, 4.69) is 10.4 Å². The van der Waals surface area contributed by atoms with Crippen LogP contribution in [0, 0.1) is 25.5 Å². The molecule has 3 aromatic rings. The van der Waals surface area contributed by atoms with E-state index in [0.29, 0.717) is 16.1 Å². The number of nitrogens with zero attached hydrogens (tertiary/aromatic N) is 2. The van der Waals surface area contributed by atoms with Gasteiger partial charge in [-0.25, -0.2) is 13.5 Å². The number of carbonyl (C=O) groups excluding carboxylic acids is 2. The summed E-state index contributed by atoms with van der Waals surface area (Å²) in [6, 6.07) is 6.71. The van der Waals surface area contributed by atoms with Crippen molar-refractivity contribution in [1.82, 2.24) is 9.78 Å². The highest BCUT2D eigenvalue weighted by atomic mass is 32.1. The van der Waals surface area contributed by atoms with Gasteiger partial charge in [0.25, 0.3) is 0 Å². The molecule has 0 fully saturated rings. The van der Waals surface area contributed by atoms with Gasteiger partial charge >= 0.3 is 0 Å². The van der Waals surface area contributed by atoms with Crippen LogP contribution in [0.3, 0.4) is 0 Å². The van der Waals surface area contributed by atoms with E-state index in [-0.39, 0.29) is 29.6 Å². The van der Waals surface area contributed by atoms with Gasteiger partial charge in [-0.05, 0) is 38.1 Å². The second-order valence-corrected chi connectivity index (χ2v) is 7.72. The van der Waals surface area contributed by atoms with Gasteiger partial charge in [0.2, 0.25) is 5.91 Å². The van der Waals surface area contributed by atoms with E-state index < -0.39 is 17.6 Å². The van der Waals surface area contributed by atoms with Gasteiger partial charge in [0.1, 0.15) is 17.3 Å². The summed E-state index contributed by atoms with van der Waals surface area (Å²) in [7, 11) is 0. The standard InChI is InChI=1S/C19H15F2N3O2S/c1-9-3-6-15(27-9)18(26)12-8-16(25)22-19-17(12)10(2)23-24(19)14-5-4-11(20)7-13(14)21/h3-7,12H,8H2,1-2H3,(H,22,25). The number of rotatable bonds is 3. The van der Waals surface area contributed by atoms with Gasteiger partial charge in [-0.2, -0.15) is 5.10 Å². The lowest BCUT2D eigenvalue weighted by Gasteiger charge is -2.22. The molecule has 3 heterocycles. The van der Waals surface area contributed by atoms with Crippen LogP contribution in [-0.4, -0.2) is 21.5 Å². The highest BCUT2D eigenvalue weighted by Crippen LogP contribution is 2.39. The molecule has 0 saturated carbocycles. The Kier molecular flexibility index (Phi) is 4.15. The highest BCUT2D eigenvalue weighted by Gasteiger charge is 2.37. The Hall–Kier alpha value is -2.87. The second-order valence-electron chi connectivity index (χ2n) is 6.43. The zero-order valence-corrected chi connectivity index (χ0v) is 15.4. The van der Waals surface area contributed by atoms with Gasteiger partial charge in [0.15, 0.2) is 11.6 Å². The Labute approximate surface area is 157 Å². The fraction of sp³-hybridized carbons (Fsp3) is 0.211. The third kappa shape index (κ3) is 2.95. The van der Waals surface area contributed by atoms with E-state index >= 15 is 0 Å².